The van der Waals surface area contributed by atoms with Crippen molar-refractivity contribution < 1.29 is 9.53 Å². The number of rotatable bonds is 2. The molecular formula is C8H16ClNO2. The Labute approximate surface area is 79.3 Å². The van der Waals surface area contributed by atoms with Crippen LogP contribution in [0.5, 0.6) is 0 Å². The molecule has 1 aliphatic carbocycles. The molecule has 3 nitrogen and oxygen atoms in total. The van der Waals surface area contributed by atoms with E-state index in [0.717, 1.165) is 25.7 Å². The van der Waals surface area contributed by atoms with E-state index in [2.05, 4.69) is 5.32 Å². The Kier molecular flexibility index (Phi) is 4.57. The van der Waals surface area contributed by atoms with E-state index in [1.807, 2.05) is 7.05 Å². The van der Waals surface area contributed by atoms with Gasteiger partial charge in [-0.15, -0.1) is 12.4 Å². The number of nitrogens with one attached hydrogen (secondary N) is 1. The molecule has 0 aromatic heterocycles. The fraction of sp³-hybridized carbons (Fsp3) is 0.875. The molecule has 1 N–H and O–H groups in total. The molecule has 0 aromatic rings. The topological polar surface area (TPSA) is 38.3 Å². The standard InChI is InChI=1S/C8H15NO2.ClH/c1-7(10)11-8(9-2)5-3-4-6-8;/h9H,3-6H2,1-2H3;1H. The molecule has 0 aliphatic heterocycles. The van der Waals surface area contributed by atoms with Crippen LogP contribution >= 0.6 is 12.4 Å². The molecule has 0 radical (unpaired) electrons. The van der Waals surface area contributed by atoms with Crippen molar-refractivity contribution in [2.24, 2.45) is 0 Å². The lowest BCUT2D eigenvalue weighted by atomic mass is 10.2. The van der Waals surface area contributed by atoms with E-state index in [4.69, 9.17) is 4.74 Å². The van der Waals surface area contributed by atoms with Crippen LogP contribution in [0.15, 0.2) is 0 Å². The van der Waals surface area contributed by atoms with Crippen molar-refractivity contribution in [3.05, 3.63) is 0 Å². The van der Waals surface area contributed by atoms with Gasteiger partial charge in [-0.05, 0) is 19.9 Å². The van der Waals surface area contributed by atoms with Gasteiger partial charge in [0, 0.05) is 19.8 Å². The van der Waals surface area contributed by atoms with Crippen molar-refractivity contribution in [3.8, 4) is 0 Å². The number of ether oxygens (including phenoxy) is 1. The van der Waals surface area contributed by atoms with Gasteiger partial charge in [0.1, 0.15) is 0 Å². The van der Waals surface area contributed by atoms with Crippen LogP contribution < -0.4 is 5.32 Å². The summed E-state index contributed by atoms with van der Waals surface area (Å²) in [7, 11) is 1.84. The van der Waals surface area contributed by atoms with Crippen LogP contribution in [0.1, 0.15) is 32.6 Å². The average Bonchev–Trinajstić information content (AvgIpc) is 2.36. The molecule has 0 heterocycles. The number of carbonyl (C=O) groups excluding carboxylic acids is 1. The van der Waals surface area contributed by atoms with Crippen molar-refractivity contribution >= 4 is 18.4 Å². The summed E-state index contributed by atoms with van der Waals surface area (Å²) in [6, 6.07) is 0. The number of hydrogen-bond acceptors (Lipinski definition) is 3. The monoisotopic (exact) mass is 193 g/mol. The molecule has 72 valence electrons. The molecule has 12 heavy (non-hydrogen) atoms. The summed E-state index contributed by atoms with van der Waals surface area (Å²) in [4.78, 5) is 10.7. The van der Waals surface area contributed by atoms with Gasteiger partial charge in [0.25, 0.3) is 0 Å². The first-order valence-corrected chi connectivity index (χ1v) is 4.07. The fourth-order valence-corrected chi connectivity index (χ4v) is 1.62. The molecule has 0 aromatic carbocycles. The SMILES string of the molecule is CNC1(OC(C)=O)CCCC1.Cl. The zero-order valence-corrected chi connectivity index (χ0v) is 8.37. The third kappa shape index (κ3) is 2.64. The quantitative estimate of drug-likeness (QED) is 0.533. The second-order valence-electron chi connectivity index (χ2n) is 3.05. The minimum Gasteiger partial charge on any atom is -0.444 e. The minimum atomic E-state index is -0.341. The number of esters is 1. The predicted molar refractivity (Wildman–Crippen MR) is 49.3 cm³/mol. The number of carbonyl (C=O) groups is 1. The smallest absolute Gasteiger partial charge is 0.304 e. The number of hydrogen-bond donors (Lipinski definition) is 1. The maximum absolute atomic E-state index is 10.7. The molecule has 1 aliphatic rings. The summed E-state index contributed by atoms with van der Waals surface area (Å²) in [6.07, 6.45) is 4.19. The van der Waals surface area contributed by atoms with Gasteiger partial charge in [-0.1, -0.05) is 0 Å². The van der Waals surface area contributed by atoms with Crippen LogP contribution in [-0.2, 0) is 9.53 Å². The first kappa shape index (κ1) is 11.7. The first-order chi connectivity index (χ1) is 5.18. The van der Waals surface area contributed by atoms with Crippen LogP contribution in [0.25, 0.3) is 0 Å². The van der Waals surface area contributed by atoms with Gasteiger partial charge < -0.3 is 4.74 Å². The molecule has 1 saturated carbocycles. The molecule has 0 saturated heterocycles. The van der Waals surface area contributed by atoms with Crippen LogP contribution in [0.3, 0.4) is 0 Å². The van der Waals surface area contributed by atoms with Gasteiger partial charge in [-0.25, -0.2) is 0 Å². The molecule has 0 atom stereocenters. The van der Waals surface area contributed by atoms with E-state index in [9.17, 15) is 4.79 Å². The summed E-state index contributed by atoms with van der Waals surface area (Å²) >= 11 is 0. The Morgan fingerprint density at radius 3 is 2.25 bits per heavy atom. The van der Waals surface area contributed by atoms with Gasteiger partial charge in [-0.2, -0.15) is 0 Å². The van der Waals surface area contributed by atoms with Gasteiger partial charge in [0.2, 0.25) is 0 Å². The van der Waals surface area contributed by atoms with Gasteiger partial charge in [0.15, 0.2) is 5.72 Å². The van der Waals surface area contributed by atoms with E-state index in [1.165, 1.54) is 6.92 Å². The maximum Gasteiger partial charge on any atom is 0.304 e. The second-order valence-corrected chi connectivity index (χ2v) is 3.05. The minimum absolute atomic E-state index is 0. The highest BCUT2D eigenvalue weighted by Crippen LogP contribution is 2.30. The van der Waals surface area contributed by atoms with Crippen molar-refractivity contribution in [1.82, 2.24) is 5.32 Å². The van der Waals surface area contributed by atoms with Crippen molar-refractivity contribution in [1.29, 1.82) is 0 Å². The third-order valence-corrected chi connectivity index (χ3v) is 2.21. The average molecular weight is 194 g/mol. The summed E-state index contributed by atoms with van der Waals surface area (Å²) in [5.41, 5.74) is -0.341. The second kappa shape index (κ2) is 4.67. The molecule has 1 fully saturated rings. The fourth-order valence-electron chi connectivity index (χ4n) is 1.62. The molecule has 0 spiro atoms. The highest BCUT2D eigenvalue weighted by Gasteiger charge is 2.34. The third-order valence-electron chi connectivity index (χ3n) is 2.21. The highest BCUT2D eigenvalue weighted by atomic mass is 35.5. The zero-order valence-electron chi connectivity index (χ0n) is 7.55. The Morgan fingerprint density at radius 2 is 1.92 bits per heavy atom. The Morgan fingerprint density at radius 1 is 1.42 bits per heavy atom. The molecule has 0 bridgehead atoms. The van der Waals surface area contributed by atoms with E-state index in [-0.39, 0.29) is 24.1 Å². The molecule has 0 unspecified atom stereocenters. The van der Waals surface area contributed by atoms with Crippen LogP contribution in [0, 0.1) is 0 Å². The van der Waals surface area contributed by atoms with Gasteiger partial charge in [0.05, 0.1) is 0 Å². The van der Waals surface area contributed by atoms with Crippen LogP contribution in [0.4, 0.5) is 0 Å². The normalized spacial score (nSPS) is 19.8. The Balaban J connectivity index is 0.00000121. The van der Waals surface area contributed by atoms with E-state index in [0.29, 0.717) is 0 Å². The van der Waals surface area contributed by atoms with Crippen LogP contribution in [-0.4, -0.2) is 18.7 Å². The summed E-state index contributed by atoms with van der Waals surface area (Å²) in [6.45, 7) is 1.46. The van der Waals surface area contributed by atoms with E-state index < -0.39 is 0 Å². The molecule has 1 rings (SSSR count). The van der Waals surface area contributed by atoms with Crippen molar-refractivity contribution in [3.63, 3.8) is 0 Å². The van der Waals surface area contributed by atoms with Crippen LogP contribution in [0.2, 0.25) is 0 Å². The predicted octanol–water partition coefficient (Wildman–Crippen LogP) is 1.46. The Hall–Kier alpha value is -0.280. The first-order valence-electron chi connectivity index (χ1n) is 4.07. The lowest BCUT2D eigenvalue weighted by Gasteiger charge is -2.27. The van der Waals surface area contributed by atoms with Gasteiger partial charge in [-0.3, -0.25) is 10.1 Å². The Bertz CT molecular complexity index is 155. The molecular weight excluding hydrogens is 178 g/mol. The highest BCUT2D eigenvalue weighted by molar-refractivity contribution is 5.85. The number of halogens is 1. The largest absolute Gasteiger partial charge is 0.444 e. The van der Waals surface area contributed by atoms with Gasteiger partial charge >= 0.3 is 5.97 Å². The summed E-state index contributed by atoms with van der Waals surface area (Å²) in [5, 5.41) is 3.07. The van der Waals surface area contributed by atoms with Crippen molar-refractivity contribution in [2.75, 3.05) is 7.05 Å². The van der Waals surface area contributed by atoms with E-state index >= 15 is 0 Å². The maximum atomic E-state index is 10.7. The zero-order chi connectivity index (χ0) is 8.32. The summed E-state index contributed by atoms with van der Waals surface area (Å²) in [5.74, 6) is -0.193. The lowest BCUT2D eigenvalue weighted by molar-refractivity contribution is -0.159. The molecule has 0 amide bonds. The van der Waals surface area contributed by atoms with E-state index in [1.54, 1.807) is 0 Å². The molecule has 4 heteroatoms. The lowest BCUT2D eigenvalue weighted by Crippen LogP contribution is -2.44. The van der Waals surface area contributed by atoms with Crippen molar-refractivity contribution in [2.45, 2.75) is 38.3 Å². The summed E-state index contributed by atoms with van der Waals surface area (Å²) < 4.78 is 5.20.